The van der Waals surface area contributed by atoms with Crippen LogP contribution in [0.1, 0.15) is 0 Å². The fourth-order valence-electron chi connectivity index (χ4n) is 7.46. The second-order valence-electron chi connectivity index (χ2n) is 16.8. The molecule has 6 nitrogen and oxygen atoms in total. The van der Waals surface area contributed by atoms with Gasteiger partial charge in [0.1, 0.15) is 0 Å². The lowest BCUT2D eigenvalue weighted by Crippen LogP contribution is -2.10. The Hall–Kier alpha value is -10.3. The van der Waals surface area contributed by atoms with Crippen molar-refractivity contribution in [3.63, 3.8) is 0 Å². The maximum atomic E-state index is 4.18. The highest BCUT2D eigenvalue weighted by Crippen LogP contribution is 2.14. The summed E-state index contributed by atoms with van der Waals surface area (Å²) in [6.45, 7) is 0.889. The molecule has 0 saturated heterocycles. The van der Waals surface area contributed by atoms with Crippen molar-refractivity contribution in [2.45, 2.75) is 0 Å². The lowest BCUT2D eigenvalue weighted by atomic mass is 10.1. The first-order valence-corrected chi connectivity index (χ1v) is 25.5. The molecule has 4 aromatic heterocycles. The van der Waals surface area contributed by atoms with Gasteiger partial charge in [-0.25, -0.2) is 0 Å². The molecule has 2 N–H and O–H groups in total. The van der Waals surface area contributed by atoms with Crippen molar-refractivity contribution in [1.29, 1.82) is 0 Å². The van der Waals surface area contributed by atoms with E-state index in [0.717, 1.165) is 12.2 Å². The Kier molecular flexibility index (Phi) is 23.7. The molecule has 14 aromatic rings. The predicted octanol–water partition coefficient (Wildman–Crippen LogP) is 17.6. The molecule has 1 aliphatic heterocycles. The Balaban J connectivity index is 0.000000127. The minimum atomic E-state index is 0.889. The first-order chi connectivity index (χ1) is 38.3. The summed E-state index contributed by atoms with van der Waals surface area (Å²) in [5.74, 6) is 0. The van der Waals surface area contributed by atoms with E-state index in [-0.39, 0.29) is 0 Å². The normalized spacial score (nSPS) is 10.2. The van der Waals surface area contributed by atoms with Crippen LogP contribution in [0, 0.1) is 0 Å². The molecule has 0 fully saturated rings. The van der Waals surface area contributed by atoms with Crippen molar-refractivity contribution in [2.24, 2.45) is 0 Å². The first-order valence-electron chi connectivity index (χ1n) is 25.5. The fraction of sp³-hybridized carbons (Fsp3) is 0.0141. The summed E-state index contributed by atoms with van der Waals surface area (Å²) in [5.41, 5.74) is 1.06. The van der Waals surface area contributed by atoms with Gasteiger partial charge in [-0.3, -0.25) is 19.9 Å². The van der Waals surface area contributed by atoms with Crippen molar-refractivity contribution >= 4 is 64.8 Å². The molecule has 0 radical (unpaired) electrons. The van der Waals surface area contributed by atoms with Gasteiger partial charge in [0.05, 0.1) is 12.2 Å². The van der Waals surface area contributed by atoms with Crippen molar-refractivity contribution in [1.82, 2.24) is 30.6 Å². The Bertz CT molecular complexity index is 2800. The van der Waals surface area contributed by atoms with Crippen LogP contribution in [0.15, 0.2) is 353 Å². The molecule has 0 atom stereocenters. The van der Waals surface area contributed by atoms with Gasteiger partial charge in [-0.1, -0.05) is 261 Å². The molecular formula is C71H62N6. The lowest BCUT2D eigenvalue weighted by Gasteiger charge is -1.92. The van der Waals surface area contributed by atoms with Crippen LogP contribution in [-0.2, 0) is 0 Å². The number of nitrogens with one attached hydrogen (secondary N) is 2. The van der Waals surface area contributed by atoms with E-state index >= 15 is 0 Å². The maximum absolute atomic E-state index is 4.18. The summed E-state index contributed by atoms with van der Waals surface area (Å²) in [6.07, 6.45) is 16.4. The van der Waals surface area contributed by atoms with Crippen LogP contribution in [0.25, 0.3) is 64.8 Å². The van der Waals surface area contributed by atoms with Crippen molar-refractivity contribution in [3.8, 4) is 0 Å². The highest BCUT2D eigenvalue weighted by atomic mass is 15.1. The van der Waals surface area contributed by atoms with Crippen molar-refractivity contribution in [3.05, 3.63) is 353 Å². The SMILES string of the molecule is C1=CNCN1.c1ccc2ccccc2c1.c1ccc2ccccc2c1.c1ccc2ccccc2c1.c1ccc2cnccc2c1.c1ccc2cnccc2c1.c1ccc2ncccc2c1.c1ccccc1.c1ccncc1. The molecule has 0 spiro atoms. The molecule has 6 heteroatoms. The van der Waals surface area contributed by atoms with Gasteiger partial charge in [-0.05, 0) is 90.3 Å². The van der Waals surface area contributed by atoms with Crippen LogP contribution in [0.5, 0.6) is 0 Å². The van der Waals surface area contributed by atoms with E-state index in [0.29, 0.717) is 0 Å². The summed E-state index contributed by atoms with van der Waals surface area (Å²) in [4.78, 5) is 16.0. The third kappa shape index (κ3) is 20.3. The van der Waals surface area contributed by atoms with E-state index in [9.17, 15) is 0 Å². The summed E-state index contributed by atoms with van der Waals surface area (Å²) in [6, 6.07) is 100. The number of fused-ring (bicyclic) bond motifs is 6. The largest absolute Gasteiger partial charge is 0.373 e. The lowest BCUT2D eigenvalue weighted by molar-refractivity contribution is 0.836. The van der Waals surface area contributed by atoms with Crippen LogP contribution in [0.3, 0.4) is 0 Å². The Morgan fingerprint density at radius 1 is 0.208 bits per heavy atom. The van der Waals surface area contributed by atoms with Gasteiger partial charge in [0.15, 0.2) is 0 Å². The molecule has 0 saturated carbocycles. The van der Waals surface area contributed by atoms with Gasteiger partial charge in [-0.2, -0.15) is 0 Å². The van der Waals surface area contributed by atoms with Crippen molar-refractivity contribution < 1.29 is 0 Å². The first kappa shape index (κ1) is 54.5. The standard InChI is InChI=1S/3C10H8.3C9H7N.C6H6.C5H5N.C3H6N2/c3*1-2-6-10-8-4-3-7-9(10)5-1;1-2-6-9-8(4-1)5-3-7-10-9;2*1-2-4-9-7-10-6-5-8(9)3-1;2*1-2-4-6-5-3-1;1-2-5-3-4-1/h3*1-8H;3*1-7H;1-6H;1-5H;1-2,4-5H,3H2. The van der Waals surface area contributed by atoms with Gasteiger partial charge in [0.2, 0.25) is 0 Å². The molecule has 376 valence electrons. The Morgan fingerprint density at radius 2 is 0.481 bits per heavy atom. The summed E-state index contributed by atoms with van der Waals surface area (Å²) in [5, 5.41) is 19.8. The van der Waals surface area contributed by atoms with E-state index < -0.39 is 0 Å². The number of benzene rings is 10. The van der Waals surface area contributed by atoms with E-state index in [1.165, 1.54) is 59.2 Å². The number of aromatic nitrogens is 4. The molecule has 1 aliphatic rings. The van der Waals surface area contributed by atoms with E-state index in [2.05, 4.69) is 213 Å². The monoisotopic (exact) mass is 999 g/mol. The summed E-state index contributed by atoms with van der Waals surface area (Å²) < 4.78 is 0. The molecule has 0 bridgehead atoms. The predicted molar refractivity (Wildman–Crippen MR) is 328 cm³/mol. The highest BCUT2D eigenvalue weighted by Gasteiger charge is 1.90. The third-order valence-electron chi connectivity index (χ3n) is 11.3. The van der Waals surface area contributed by atoms with E-state index in [1.807, 2.05) is 159 Å². The molecule has 5 heterocycles. The van der Waals surface area contributed by atoms with Gasteiger partial charge >= 0.3 is 0 Å². The zero-order valence-electron chi connectivity index (χ0n) is 43.0. The van der Waals surface area contributed by atoms with Crippen LogP contribution >= 0.6 is 0 Å². The van der Waals surface area contributed by atoms with Gasteiger partial charge in [0, 0.05) is 61.2 Å². The molecule has 15 rings (SSSR count). The summed E-state index contributed by atoms with van der Waals surface area (Å²) >= 11 is 0. The highest BCUT2D eigenvalue weighted by molar-refractivity contribution is 5.84. The number of nitrogens with zero attached hydrogens (tertiary/aromatic N) is 4. The average molecular weight is 999 g/mol. The Morgan fingerprint density at radius 3 is 0.740 bits per heavy atom. The topological polar surface area (TPSA) is 75.6 Å². The van der Waals surface area contributed by atoms with E-state index in [4.69, 9.17) is 0 Å². The van der Waals surface area contributed by atoms with Gasteiger partial charge in [0.25, 0.3) is 0 Å². The number of hydrogen-bond donors (Lipinski definition) is 2. The van der Waals surface area contributed by atoms with Crippen LogP contribution in [0.2, 0.25) is 0 Å². The molecule has 10 aromatic carbocycles. The molecular weight excluding hydrogens is 937 g/mol. The van der Waals surface area contributed by atoms with Gasteiger partial charge < -0.3 is 10.6 Å². The number of para-hydroxylation sites is 1. The molecule has 0 amide bonds. The number of pyridine rings is 4. The van der Waals surface area contributed by atoms with Crippen LogP contribution in [-0.4, -0.2) is 26.6 Å². The Labute approximate surface area is 452 Å². The quantitative estimate of drug-likeness (QED) is 0.158. The van der Waals surface area contributed by atoms with Crippen LogP contribution < -0.4 is 10.6 Å². The maximum Gasteiger partial charge on any atom is 0.0840 e. The smallest absolute Gasteiger partial charge is 0.0840 e. The average Bonchev–Trinajstić information content (AvgIpc) is 4.15. The summed E-state index contributed by atoms with van der Waals surface area (Å²) in [7, 11) is 0. The fourth-order valence-corrected chi connectivity index (χ4v) is 7.46. The minimum Gasteiger partial charge on any atom is -0.373 e. The van der Waals surface area contributed by atoms with Crippen molar-refractivity contribution in [2.75, 3.05) is 6.67 Å². The van der Waals surface area contributed by atoms with E-state index in [1.54, 1.807) is 12.4 Å². The molecule has 0 aliphatic carbocycles. The minimum absolute atomic E-state index is 0.889. The second kappa shape index (κ2) is 33.4. The van der Waals surface area contributed by atoms with Gasteiger partial charge in [-0.15, -0.1) is 0 Å². The second-order valence-corrected chi connectivity index (χ2v) is 16.8. The van der Waals surface area contributed by atoms with Crippen LogP contribution in [0.4, 0.5) is 0 Å². The molecule has 0 unspecified atom stereocenters. The third-order valence-corrected chi connectivity index (χ3v) is 11.3. The number of rotatable bonds is 0. The zero-order valence-corrected chi connectivity index (χ0v) is 43.0. The zero-order chi connectivity index (χ0) is 52.9. The molecule has 77 heavy (non-hydrogen) atoms. The number of hydrogen-bond acceptors (Lipinski definition) is 6.